The summed E-state index contributed by atoms with van der Waals surface area (Å²) in [7, 11) is 6.46. The van der Waals surface area contributed by atoms with Crippen molar-refractivity contribution in [2.24, 2.45) is 4.99 Å². The minimum atomic E-state index is -0.167. The molecule has 2 radical (unpaired) electrons. The molecule has 1 aliphatic rings. The Morgan fingerprint density at radius 3 is 2.56 bits per heavy atom. The number of thiazole rings is 1. The van der Waals surface area contributed by atoms with E-state index in [0.717, 1.165) is 17.6 Å². The molecule has 1 atom stereocenters. The molecule has 2 nitrogen and oxygen atoms in total. The maximum atomic E-state index is 6.46. The van der Waals surface area contributed by atoms with E-state index in [1.807, 2.05) is 0 Å². The molecule has 0 aliphatic heterocycles. The Labute approximate surface area is 116 Å². The lowest BCUT2D eigenvalue weighted by Crippen LogP contribution is -2.28. The fourth-order valence-corrected chi connectivity index (χ4v) is 4.20. The highest BCUT2D eigenvalue weighted by Gasteiger charge is 2.31. The average Bonchev–Trinajstić information content (AvgIpc) is 2.56. The summed E-state index contributed by atoms with van der Waals surface area (Å²) in [6, 6.07) is 0.788. The molecule has 0 saturated carbocycles. The molecule has 1 aromatic rings. The second-order valence-corrected chi connectivity index (χ2v) is 7.10. The predicted octanol–water partition coefficient (Wildman–Crippen LogP) is 3.16. The number of fused-ring (bicyclic) bond motifs is 1. The van der Waals surface area contributed by atoms with E-state index < -0.39 is 0 Å². The van der Waals surface area contributed by atoms with Gasteiger partial charge in [-0.15, -0.1) is 11.3 Å². The molecule has 1 aliphatic carbocycles. The molecule has 0 bridgehead atoms. The van der Waals surface area contributed by atoms with Gasteiger partial charge < -0.3 is 4.57 Å². The van der Waals surface area contributed by atoms with E-state index in [4.69, 9.17) is 12.8 Å². The molecular weight excluding hydrogens is 239 g/mol. The minimum Gasteiger partial charge on any atom is -0.318 e. The van der Waals surface area contributed by atoms with E-state index in [-0.39, 0.29) is 5.31 Å². The van der Waals surface area contributed by atoms with Gasteiger partial charge in [0.1, 0.15) is 0 Å². The van der Waals surface area contributed by atoms with Crippen molar-refractivity contribution < 1.29 is 0 Å². The van der Waals surface area contributed by atoms with Crippen molar-refractivity contribution >= 4 is 19.2 Å². The number of hydrogen-bond acceptors (Lipinski definition) is 2. The minimum absolute atomic E-state index is 0.167. The first kappa shape index (κ1) is 13.9. The SMILES string of the molecule is [B]C1(C)CCCc2c1sc(=NC(C)C)n2C(C)C. The molecule has 1 heterocycles. The first-order chi connectivity index (χ1) is 8.33. The second-order valence-electron chi connectivity index (χ2n) is 6.12. The zero-order chi connectivity index (χ0) is 13.5. The van der Waals surface area contributed by atoms with Crippen LogP contribution in [-0.2, 0) is 11.7 Å². The molecular formula is C14H23BN2S. The molecule has 0 aromatic carbocycles. The molecule has 2 rings (SSSR count). The standard InChI is InChI=1S/C14H23BN2S/c1-9(2)16-13-17(10(3)4)11-7-6-8-14(5,15)12(11)18-13/h9-10H,6-8H2,1-5H3. The molecule has 0 N–H and O–H groups in total. The quantitative estimate of drug-likeness (QED) is 0.728. The molecule has 0 saturated heterocycles. The summed E-state index contributed by atoms with van der Waals surface area (Å²) in [5.74, 6) is 0. The summed E-state index contributed by atoms with van der Waals surface area (Å²) >= 11 is 1.80. The summed E-state index contributed by atoms with van der Waals surface area (Å²) < 4.78 is 2.39. The Balaban J connectivity index is 2.67. The lowest BCUT2D eigenvalue weighted by atomic mass is 9.63. The van der Waals surface area contributed by atoms with Crippen molar-refractivity contribution in [1.29, 1.82) is 0 Å². The Hall–Kier alpha value is -0.505. The van der Waals surface area contributed by atoms with Crippen LogP contribution in [0.1, 0.15) is 64.1 Å². The number of aromatic nitrogens is 1. The largest absolute Gasteiger partial charge is 0.318 e. The van der Waals surface area contributed by atoms with Crippen molar-refractivity contribution in [1.82, 2.24) is 4.57 Å². The summed E-state index contributed by atoms with van der Waals surface area (Å²) in [5, 5.41) is -0.167. The first-order valence-corrected chi connectivity index (χ1v) is 7.72. The van der Waals surface area contributed by atoms with Crippen molar-refractivity contribution in [2.45, 2.75) is 71.3 Å². The van der Waals surface area contributed by atoms with Gasteiger partial charge in [0, 0.05) is 22.7 Å². The highest BCUT2D eigenvalue weighted by Crippen LogP contribution is 2.37. The highest BCUT2D eigenvalue weighted by molar-refractivity contribution is 7.09. The van der Waals surface area contributed by atoms with Gasteiger partial charge in [-0.05, 0) is 45.9 Å². The molecule has 0 fully saturated rings. The fraction of sp³-hybridized carbons (Fsp3) is 0.786. The Kier molecular flexibility index (Phi) is 3.77. The third-order valence-electron chi connectivity index (χ3n) is 3.47. The normalized spacial score (nSPS) is 24.9. The molecule has 1 aromatic heterocycles. The van der Waals surface area contributed by atoms with Crippen LogP contribution >= 0.6 is 11.3 Å². The summed E-state index contributed by atoms with van der Waals surface area (Å²) in [5.41, 5.74) is 1.42. The monoisotopic (exact) mass is 262 g/mol. The first-order valence-electron chi connectivity index (χ1n) is 6.90. The molecule has 0 amide bonds. The summed E-state index contributed by atoms with van der Waals surface area (Å²) in [6.07, 6.45) is 3.41. The predicted molar refractivity (Wildman–Crippen MR) is 79.4 cm³/mol. The zero-order valence-electron chi connectivity index (χ0n) is 12.2. The van der Waals surface area contributed by atoms with Gasteiger partial charge in [-0.3, -0.25) is 4.99 Å². The molecule has 4 heteroatoms. The van der Waals surface area contributed by atoms with Crippen molar-refractivity contribution in [3.8, 4) is 0 Å². The topological polar surface area (TPSA) is 17.3 Å². The zero-order valence-corrected chi connectivity index (χ0v) is 13.0. The maximum Gasteiger partial charge on any atom is 0.185 e. The van der Waals surface area contributed by atoms with E-state index in [9.17, 15) is 0 Å². The van der Waals surface area contributed by atoms with E-state index in [1.165, 1.54) is 17.0 Å². The number of nitrogens with zero attached hydrogens (tertiary/aromatic N) is 2. The Bertz CT molecular complexity index is 494. The van der Waals surface area contributed by atoms with Crippen LogP contribution in [0.15, 0.2) is 4.99 Å². The number of hydrogen-bond donors (Lipinski definition) is 0. The highest BCUT2D eigenvalue weighted by atomic mass is 32.1. The Morgan fingerprint density at radius 2 is 2.00 bits per heavy atom. The third-order valence-corrected chi connectivity index (χ3v) is 4.86. The lowest BCUT2D eigenvalue weighted by Gasteiger charge is -2.30. The third kappa shape index (κ3) is 2.44. The molecule has 18 heavy (non-hydrogen) atoms. The summed E-state index contributed by atoms with van der Waals surface area (Å²) in [6.45, 7) is 10.9. The molecule has 1 unspecified atom stereocenters. The van der Waals surface area contributed by atoms with Crippen molar-refractivity contribution in [3.05, 3.63) is 15.4 Å². The van der Waals surface area contributed by atoms with Crippen molar-refractivity contribution in [3.63, 3.8) is 0 Å². The number of rotatable bonds is 2. The lowest BCUT2D eigenvalue weighted by molar-refractivity contribution is 0.485. The van der Waals surface area contributed by atoms with Gasteiger partial charge in [0.2, 0.25) is 0 Å². The van der Waals surface area contributed by atoms with E-state index in [1.54, 1.807) is 11.3 Å². The van der Waals surface area contributed by atoms with E-state index in [2.05, 4.69) is 39.2 Å². The van der Waals surface area contributed by atoms with Gasteiger partial charge in [-0.25, -0.2) is 0 Å². The van der Waals surface area contributed by atoms with Gasteiger partial charge in [0.05, 0.1) is 7.85 Å². The van der Waals surface area contributed by atoms with Crippen LogP contribution < -0.4 is 4.80 Å². The molecule has 98 valence electrons. The van der Waals surface area contributed by atoms with Crippen LogP contribution in [0.5, 0.6) is 0 Å². The van der Waals surface area contributed by atoms with E-state index in [0.29, 0.717) is 12.1 Å². The van der Waals surface area contributed by atoms with Gasteiger partial charge in [-0.1, -0.05) is 13.3 Å². The molecule has 0 spiro atoms. The maximum absolute atomic E-state index is 6.46. The van der Waals surface area contributed by atoms with Crippen LogP contribution in [0.2, 0.25) is 0 Å². The van der Waals surface area contributed by atoms with Gasteiger partial charge >= 0.3 is 0 Å². The summed E-state index contributed by atoms with van der Waals surface area (Å²) in [4.78, 5) is 7.27. The smallest absolute Gasteiger partial charge is 0.185 e. The van der Waals surface area contributed by atoms with Crippen molar-refractivity contribution in [2.75, 3.05) is 0 Å². The van der Waals surface area contributed by atoms with Gasteiger partial charge in [0.25, 0.3) is 0 Å². The van der Waals surface area contributed by atoms with Crippen LogP contribution in [0.4, 0.5) is 0 Å². The van der Waals surface area contributed by atoms with Crippen LogP contribution in [0.3, 0.4) is 0 Å². The fourth-order valence-electron chi connectivity index (χ4n) is 2.68. The van der Waals surface area contributed by atoms with Crippen LogP contribution in [0.25, 0.3) is 0 Å². The van der Waals surface area contributed by atoms with Gasteiger partial charge in [-0.2, -0.15) is 0 Å². The van der Waals surface area contributed by atoms with Crippen LogP contribution in [-0.4, -0.2) is 18.5 Å². The van der Waals surface area contributed by atoms with Gasteiger partial charge in [0.15, 0.2) is 4.80 Å². The van der Waals surface area contributed by atoms with E-state index >= 15 is 0 Å². The van der Waals surface area contributed by atoms with Crippen LogP contribution in [0, 0.1) is 0 Å². The Morgan fingerprint density at radius 1 is 1.33 bits per heavy atom. The second kappa shape index (κ2) is 4.88. The average molecular weight is 262 g/mol.